The molecule has 0 aromatic heterocycles. The van der Waals surface area contributed by atoms with Crippen LogP contribution in [0.15, 0.2) is 42.5 Å². The zero-order valence-electron chi connectivity index (χ0n) is 17.2. The van der Waals surface area contributed by atoms with Gasteiger partial charge in [0.2, 0.25) is 0 Å². The Morgan fingerprint density at radius 3 is 2.55 bits per heavy atom. The average Bonchev–Trinajstić information content (AvgIpc) is 2.96. The Balaban J connectivity index is 1.56. The molecule has 1 saturated heterocycles. The minimum atomic E-state index is -1.09. The summed E-state index contributed by atoms with van der Waals surface area (Å²) in [5, 5.41) is 13.8. The van der Waals surface area contributed by atoms with Gasteiger partial charge < -0.3 is 19.9 Å². The number of aliphatic hydroxyl groups is 1. The van der Waals surface area contributed by atoms with Crippen molar-refractivity contribution in [1.82, 2.24) is 10.2 Å². The summed E-state index contributed by atoms with van der Waals surface area (Å²) in [5.74, 6) is 0.683. The maximum absolute atomic E-state index is 12.9. The van der Waals surface area contributed by atoms with E-state index in [-0.39, 0.29) is 19.1 Å². The highest BCUT2D eigenvalue weighted by molar-refractivity contribution is 6.34. The molecule has 2 aromatic rings. The number of aryl methyl sites for hydroxylation is 1. The monoisotopic (exact) mass is 466 g/mol. The maximum atomic E-state index is 12.9. The number of nitrogens with one attached hydrogen (secondary N) is 1. The molecule has 9 heteroatoms. The van der Waals surface area contributed by atoms with E-state index in [2.05, 4.69) is 5.32 Å². The third-order valence-electron chi connectivity index (χ3n) is 5.14. The number of ether oxygens (including phenoxy) is 2. The van der Waals surface area contributed by atoms with Crippen molar-refractivity contribution in [2.45, 2.75) is 31.4 Å². The van der Waals surface area contributed by atoms with E-state index < -0.39 is 17.7 Å². The second kappa shape index (κ2) is 9.77. The first-order valence-electron chi connectivity index (χ1n) is 9.75. The van der Waals surface area contributed by atoms with Gasteiger partial charge in [0.05, 0.1) is 18.7 Å². The molecule has 0 radical (unpaired) electrons. The summed E-state index contributed by atoms with van der Waals surface area (Å²) < 4.78 is 10.6. The molecule has 3 amide bonds. The number of carbonyl (C=O) groups excluding carboxylic acids is 2. The number of imide groups is 1. The Morgan fingerprint density at radius 2 is 1.87 bits per heavy atom. The van der Waals surface area contributed by atoms with Gasteiger partial charge in [-0.1, -0.05) is 35.3 Å². The summed E-state index contributed by atoms with van der Waals surface area (Å²) in [5.41, 5.74) is -0.0252. The molecule has 0 bridgehead atoms. The van der Waals surface area contributed by atoms with E-state index in [4.69, 9.17) is 32.7 Å². The van der Waals surface area contributed by atoms with Gasteiger partial charge in [-0.25, -0.2) is 4.79 Å². The van der Waals surface area contributed by atoms with Crippen LogP contribution in [0, 0.1) is 0 Å². The van der Waals surface area contributed by atoms with Crippen LogP contribution in [0.4, 0.5) is 4.79 Å². The topological polar surface area (TPSA) is 88.1 Å². The highest BCUT2D eigenvalue weighted by Gasteiger charge is 2.47. The molecule has 0 aliphatic carbocycles. The Kier molecular flexibility index (Phi) is 7.30. The van der Waals surface area contributed by atoms with E-state index in [9.17, 15) is 14.7 Å². The molecule has 1 fully saturated rings. The molecule has 2 atom stereocenters. The van der Waals surface area contributed by atoms with Crippen molar-refractivity contribution in [3.05, 3.63) is 58.1 Å². The Labute approximate surface area is 190 Å². The van der Waals surface area contributed by atoms with Gasteiger partial charge in [0, 0.05) is 11.1 Å². The SMILES string of the molecule is COc1ccc(CCC2(C)NC(=O)N(CC(O)COc3cc(Cl)ccc3Cl)C2=O)cc1. The predicted octanol–water partition coefficient (Wildman–Crippen LogP) is 3.69. The largest absolute Gasteiger partial charge is 0.497 e. The third kappa shape index (κ3) is 5.61. The fraction of sp³-hybridized carbons (Fsp3) is 0.364. The minimum Gasteiger partial charge on any atom is -0.497 e. The predicted molar refractivity (Wildman–Crippen MR) is 118 cm³/mol. The van der Waals surface area contributed by atoms with Crippen molar-refractivity contribution in [2.24, 2.45) is 0 Å². The number of hydrogen-bond acceptors (Lipinski definition) is 5. The van der Waals surface area contributed by atoms with E-state index in [0.717, 1.165) is 16.2 Å². The number of hydrogen-bond donors (Lipinski definition) is 2. The van der Waals surface area contributed by atoms with Gasteiger partial charge in [0.25, 0.3) is 5.91 Å². The number of methoxy groups -OCH3 is 1. The minimum absolute atomic E-state index is 0.153. The summed E-state index contributed by atoms with van der Waals surface area (Å²) in [6.45, 7) is 1.34. The lowest BCUT2D eigenvalue weighted by Gasteiger charge is -2.23. The average molecular weight is 467 g/mol. The molecular formula is C22H24Cl2N2O5. The smallest absolute Gasteiger partial charge is 0.325 e. The van der Waals surface area contributed by atoms with Gasteiger partial charge in [-0.05, 0) is 49.6 Å². The summed E-state index contributed by atoms with van der Waals surface area (Å²) in [7, 11) is 1.60. The molecule has 0 spiro atoms. The number of benzene rings is 2. The number of urea groups is 1. The van der Waals surface area contributed by atoms with Crippen LogP contribution < -0.4 is 14.8 Å². The number of amides is 3. The van der Waals surface area contributed by atoms with Crippen LogP contribution in [-0.4, -0.2) is 53.8 Å². The van der Waals surface area contributed by atoms with Crippen molar-refractivity contribution < 1.29 is 24.2 Å². The van der Waals surface area contributed by atoms with Crippen molar-refractivity contribution in [3.63, 3.8) is 0 Å². The van der Waals surface area contributed by atoms with Crippen LogP contribution >= 0.6 is 23.2 Å². The highest BCUT2D eigenvalue weighted by Crippen LogP contribution is 2.28. The summed E-state index contributed by atoms with van der Waals surface area (Å²) in [6.07, 6.45) is -0.0709. The standard InChI is InChI=1S/C22H24Cl2N2O5/c1-22(10-9-14-3-6-17(30-2)7-4-14)20(28)26(21(29)25-22)12-16(27)13-31-19-11-15(23)5-8-18(19)24/h3-8,11,16,27H,9-10,12-13H2,1-2H3,(H,25,29). The molecule has 3 rings (SSSR count). The van der Waals surface area contributed by atoms with Crippen molar-refractivity contribution in [1.29, 1.82) is 0 Å². The van der Waals surface area contributed by atoms with Crippen molar-refractivity contribution in [2.75, 3.05) is 20.3 Å². The highest BCUT2D eigenvalue weighted by atomic mass is 35.5. The fourth-order valence-electron chi connectivity index (χ4n) is 3.31. The molecule has 1 heterocycles. The van der Waals surface area contributed by atoms with Crippen LogP contribution in [0.2, 0.25) is 10.0 Å². The molecule has 7 nitrogen and oxygen atoms in total. The molecule has 166 valence electrons. The van der Waals surface area contributed by atoms with Crippen molar-refractivity contribution >= 4 is 35.1 Å². The first-order chi connectivity index (χ1) is 14.7. The number of aliphatic hydroxyl groups excluding tert-OH is 1. The van der Waals surface area contributed by atoms with E-state index in [1.807, 2.05) is 24.3 Å². The molecule has 1 aliphatic heterocycles. The Hall–Kier alpha value is -2.48. The van der Waals surface area contributed by atoms with Crippen LogP contribution in [0.25, 0.3) is 0 Å². The quantitative estimate of drug-likeness (QED) is 0.550. The number of β-amino-alcohol motifs (C(OH)–C–C–N with tert-alkyl or cyclic N) is 1. The summed E-state index contributed by atoms with van der Waals surface area (Å²) in [4.78, 5) is 26.3. The first kappa shape index (κ1) is 23.2. The fourth-order valence-corrected chi connectivity index (χ4v) is 3.64. The van der Waals surface area contributed by atoms with E-state index in [1.54, 1.807) is 26.2 Å². The Morgan fingerprint density at radius 1 is 1.16 bits per heavy atom. The van der Waals surface area contributed by atoms with E-state index in [1.165, 1.54) is 6.07 Å². The van der Waals surface area contributed by atoms with Gasteiger partial charge in [-0.3, -0.25) is 9.69 Å². The van der Waals surface area contributed by atoms with Gasteiger partial charge in [0.1, 0.15) is 29.7 Å². The molecule has 1 aliphatic rings. The lowest BCUT2D eigenvalue weighted by molar-refractivity contribution is -0.132. The lowest BCUT2D eigenvalue weighted by Crippen LogP contribution is -2.45. The van der Waals surface area contributed by atoms with E-state index >= 15 is 0 Å². The zero-order valence-corrected chi connectivity index (χ0v) is 18.7. The summed E-state index contributed by atoms with van der Waals surface area (Å²) >= 11 is 12.0. The molecule has 0 saturated carbocycles. The Bertz CT molecular complexity index is 953. The van der Waals surface area contributed by atoms with Gasteiger partial charge in [-0.2, -0.15) is 0 Å². The molecule has 2 N–H and O–H groups in total. The van der Waals surface area contributed by atoms with Crippen LogP contribution in [-0.2, 0) is 11.2 Å². The third-order valence-corrected chi connectivity index (χ3v) is 5.68. The number of halogens is 2. The van der Waals surface area contributed by atoms with Gasteiger partial charge >= 0.3 is 6.03 Å². The van der Waals surface area contributed by atoms with Crippen LogP contribution in [0.1, 0.15) is 18.9 Å². The van der Waals surface area contributed by atoms with E-state index in [0.29, 0.717) is 28.6 Å². The maximum Gasteiger partial charge on any atom is 0.325 e. The molecule has 2 unspecified atom stereocenters. The lowest BCUT2D eigenvalue weighted by atomic mass is 9.93. The van der Waals surface area contributed by atoms with Crippen molar-refractivity contribution in [3.8, 4) is 11.5 Å². The number of rotatable bonds is 9. The van der Waals surface area contributed by atoms with Crippen LogP contribution in [0.3, 0.4) is 0 Å². The molecule has 2 aromatic carbocycles. The molecule has 31 heavy (non-hydrogen) atoms. The van der Waals surface area contributed by atoms with Gasteiger partial charge in [0.15, 0.2) is 0 Å². The number of carbonyl (C=O) groups is 2. The summed E-state index contributed by atoms with van der Waals surface area (Å²) in [6, 6.07) is 11.7. The normalized spacial score (nSPS) is 19.3. The van der Waals surface area contributed by atoms with Gasteiger partial charge in [-0.15, -0.1) is 0 Å². The number of nitrogens with zero attached hydrogens (tertiary/aromatic N) is 1. The molecular weight excluding hydrogens is 443 g/mol. The zero-order chi connectivity index (χ0) is 22.6. The second-order valence-electron chi connectivity index (χ2n) is 7.57. The first-order valence-corrected chi connectivity index (χ1v) is 10.5. The second-order valence-corrected chi connectivity index (χ2v) is 8.41. The van der Waals surface area contributed by atoms with Crippen LogP contribution in [0.5, 0.6) is 11.5 Å².